The third-order valence-corrected chi connectivity index (χ3v) is 3.54. The lowest BCUT2D eigenvalue weighted by Gasteiger charge is -2.21. The first-order valence-electron chi connectivity index (χ1n) is 5.68. The van der Waals surface area contributed by atoms with Crippen molar-refractivity contribution in [3.05, 3.63) is 50.6 Å². The van der Waals surface area contributed by atoms with Gasteiger partial charge in [-0.25, -0.2) is 0 Å². The topological polar surface area (TPSA) is 22.0 Å². The summed E-state index contributed by atoms with van der Waals surface area (Å²) in [5, 5.41) is 1.97. The molecule has 17 heavy (non-hydrogen) atoms. The highest BCUT2D eigenvalue weighted by Gasteiger charge is 2.21. The maximum atomic E-state index is 12.0. The van der Waals surface area contributed by atoms with Gasteiger partial charge in [0, 0.05) is 16.5 Å². The van der Waals surface area contributed by atoms with Crippen molar-refractivity contribution in [2.45, 2.75) is 33.1 Å². The standard InChI is InChI=1S/C14H17NOS/c1-10-7-5-6-8-11(10)15-12(14(2,3)4)9-17-13(15)16/h5-9H,1-4H3. The van der Waals surface area contributed by atoms with E-state index in [-0.39, 0.29) is 10.3 Å². The largest absolute Gasteiger partial charge is 0.311 e. The maximum Gasteiger partial charge on any atom is 0.311 e. The monoisotopic (exact) mass is 247 g/mol. The fourth-order valence-electron chi connectivity index (χ4n) is 1.86. The van der Waals surface area contributed by atoms with Gasteiger partial charge in [-0.1, -0.05) is 50.3 Å². The molecule has 0 atom stereocenters. The number of rotatable bonds is 1. The molecule has 1 aromatic heterocycles. The number of hydrogen-bond acceptors (Lipinski definition) is 2. The molecule has 0 aliphatic heterocycles. The molecule has 2 aromatic rings. The molecular weight excluding hydrogens is 230 g/mol. The van der Waals surface area contributed by atoms with Crippen molar-refractivity contribution in [1.29, 1.82) is 0 Å². The highest BCUT2D eigenvalue weighted by Crippen LogP contribution is 2.26. The Balaban J connectivity index is 2.73. The Kier molecular flexibility index (Phi) is 2.96. The third-order valence-electron chi connectivity index (χ3n) is 2.82. The van der Waals surface area contributed by atoms with Crippen LogP contribution in [0.15, 0.2) is 34.4 Å². The van der Waals surface area contributed by atoms with Gasteiger partial charge >= 0.3 is 4.87 Å². The van der Waals surface area contributed by atoms with E-state index < -0.39 is 0 Å². The van der Waals surface area contributed by atoms with Gasteiger partial charge in [0.25, 0.3) is 0 Å². The Hall–Kier alpha value is -1.35. The minimum atomic E-state index is -0.0263. The molecule has 2 rings (SSSR count). The molecule has 0 N–H and O–H groups in total. The van der Waals surface area contributed by atoms with Crippen LogP contribution in [0.1, 0.15) is 32.0 Å². The Morgan fingerprint density at radius 3 is 2.41 bits per heavy atom. The predicted octanol–water partition coefficient (Wildman–Crippen LogP) is 3.50. The highest BCUT2D eigenvalue weighted by atomic mass is 32.1. The van der Waals surface area contributed by atoms with Gasteiger partial charge in [0.1, 0.15) is 0 Å². The van der Waals surface area contributed by atoms with Crippen LogP contribution in [0.4, 0.5) is 0 Å². The van der Waals surface area contributed by atoms with Gasteiger partial charge in [-0.05, 0) is 18.6 Å². The first-order chi connectivity index (χ1) is 7.91. The highest BCUT2D eigenvalue weighted by molar-refractivity contribution is 7.07. The smallest absolute Gasteiger partial charge is 0.271 e. The van der Waals surface area contributed by atoms with Crippen molar-refractivity contribution in [2.75, 3.05) is 0 Å². The molecule has 3 heteroatoms. The molecule has 0 amide bonds. The summed E-state index contributed by atoms with van der Waals surface area (Å²) < 4.78 is 1.83. The van der Waals surface area contributed by atoms with E-state index in [1.807, 2.05) is 41.1 Å². The van der Waals surface area contributed by atoms with Gasteiger partial charge in [0.2, 0.25) is 0 Å². The normalized spacial score (nSPS) is 11.8. The van der Waals surface area contributed by atoms with Crippen molar-refractivity contribution in [3.63, 3.8) is 0 Å². The number of thiazole rings is 1. The van der Waals surface area contributed by atoms with Crippen LogP contribution in [-0.2, 0) is 5.41 Å². The van der Waals surface area contributed by atoms with Gasteiger partial charge in [-0.2, -0.15) is 0 Å². The summed E-state index contributed by atoms with van der Waals surface area (Å²) in [5.74, 6) is 0. The summed E-state index contributed by atoms with van der Waals surface area (Å²) in [7, 11) is 0. The first kappa shape index (κ1) is 12.1. The zero-order chi connectivity index (χ0) is 12.6. The lowest BCUT2D eigenvalue weighted by atomic mass is 9.92. The van der Waals surface area contributed by atoms with Crippen LogP contribution in [-0.4, -0.2) is 4.57 Å². The number of aryl methyl sites for hydroxylation is 1. The van der Waals surface area contributed by atoms with Crippen molar-refractivity contribution in [1.82, 2.24) is 4.57 Å². The molecule has 0 bridgehead atoms. The zero-order valence-corrected chi connectivity index (χ0v) is 11.5. The van der Waals surface area contributed by atoms with Crippen molar-refractivity contribution in [3.8, 4) is 5.69 Å². The number of para-hydroxylation sites is 1. The molecule has 0 unspecified atom stereocenters. The van der Waals surface area contributed by atoms with Crippen LogP contribution >= 0.6 is 11.3 Å². The second kappa shape index (κ2) is 4.15. The molecule has 1 aromatic carbocycles. The maximum absolute atomic E-state index is 12.0. The van der Waals surface area contributed by atoms with Crippen molar-refractivity contribution >= 4 is 11.3 Å². The summed E-state index contributed by atoms with van der Waals surface area (Å²) in [4.78, 5) is 12.1. The van der Waals surface area contributed by atoms with Crippen LogP contribution in [0.25, 0.3) is 5.69 Å². The summed E-state index contributed by atoms with van der Waals surface area (Å²) in [6.45, 7) is 8.42. The molecule has 0 radical (unpaired) electrons. The molecule has 0 saturated heterocycles. The zero-order valence-electron chi connectivity index (χ0n) is 10.7. The third kappa shape index (κ3) is 2.20. The molecule has 0 aliphatic carbocycles. The van der Waals surface area contributed by atoms with Gasteiger partial charge in [0.05, 0.1) is 5.69 Å². The van der Waals surface area contributed by atoms with Crippen LogP contribution < -0.4 is 4.87 Å². The van der Waals surface area contributed by atoms with E-state index in [1.165, 1.54) is 11.3 Å². The van der Waals surface area contributed by atoms with E-state index >= 15 is 0 Å². The fraction of sp³-hybridized carbons (Fsp3) is 0.357. The number of hydrogen-bond donors (Lipinski definition) is 0. The Labute approximate surface area is 106 Å². The van der Waals surface area contributed by atoms with Gasteiger partial charge in [-0.3, -0.25) is 9.36 Å². The SMILES string of the molecule is Cc1ccccc1-n1c(C(C)(C)C)csc1=O. The van der Waals surface area contributed by atoms with Crippen LogP contribution in [0, 0.1) is 6.92 Å². The lowest BCUT2D eigenvalue weighted by molar-refractivity contribution is 0.554. The van der Waals surface area contributed by atoms with E-state index in [2.05, 4.69) is 20.8 Å². The second-order valence-electron chi connectivity index (χ2n) is 5.26. The quantitative estimate of drug-likeness (QED) is 0.756. The number of nitrogens with zero attached hydrogens (tertiary/aromatic N) is 1. The Morgan fingerprint density at radius 2 is 1.82 bits per heavy atom. The van der Waals surface area contributed by atoms with E-state index in [0.717, 1.165) is 16.9 Å². The number of benzene rings is 1. The molecular formula is C14H17NOS. The van der Waals surface area contributed by atoms with Gasteiger partial charge < -0.3 is 0 Å². The Morgan fingerprint density at radius 1 is 1.18 bits per heavy atom. The average Bonchev–Trinajstić information content (AvgIpc) is 2.60. The second-order valence-corrected chi connectivity index (χ2v) is 6.08. The van der Waals surface area contributed by atoms with Crippen molar-refractivity contribution < 1.29 is 0 Å². The van der Waals surface area contributed by atoms with Crippen molar-refractivity contribution in [2.24, 2.45) is 0 Å². The molecule has 90 valence electrons. The predicted molar refractivity (Wildman–Crippen MR) is 73.4 cm³/mol. The summed E-state index contributed by atoms with van der Waals surface area (Å²) in [6.07, 6.45) is 0. The summed E-state index contributed by atoms with van der Waals surface area (Å²) in [6, 6.07) is 8.00. The fourth-order valence-corrected chi connectivity index (χ4v) is 2.84. The van der Waals surface area contributed by atoms with E-state index in [1.54, 1.807) is 0 Å². The Bertz CT molecular complexity index is 587. The lowest BCUT2D eigenvalue weighted by Crippen LogP contribution is -2.22. The molecule has 0 saturated carbocycles. The molecule has 0 spiro atoms. The summed E-state index contributed by atoms with van der Waals surface area (Å²) >= 11 is 1.27. The first-order valence-corrected chi connectivity index (χ1v) is 6.56. The molecule has 1 heterocycles. The van der Waals surface area contributed by atoms with E-state index in [9.17, 15) is 4.79 Å². The minimum Gasteiger partial charge on any atom is -0.271 e. The number of aromatic nitrogens is 1. The average molecular weight is 247 g/mol. The van der Waals surface area contributed by atoms with E-state index in [0.29, 0.717) is 0 Å². The van der Waals surface area contributed by atoms with E-state index in [4.69, 9.17) is 0 Å². The van der Waals surface area contributed by atoms with Crippen LogP contribution in [0.3, 0.4) is 0 Å². The van der Waals surface area contributed by atoms with Gasteiger partial charge in [-0.15, -0.1) is 0 Å². The molecule has 0 fully saturated rings. The molecule has 0 aliphatic rings. The summed E-state index contributed by atoms with van der Waals surface area (Å²) in [5.41, 5.74) is 3.16. The van der Waals surface area contributed by atoms with Gasteiger partial charge in [0.15, 0.2) is 0 Å². The molecule has 2 nitrogen and oxygen atoms in total. The van der Waals surface area contributed by atoms with Crippen LogP contribution in [0.2, 0.25) is 0 Å². The van der Waals surface area contributed by atoms with Crippen LogP contribution in [0.5, 0.6) is 0 Å². The minimum absolute atomic E-state index is 0.0263.